The zero-order valence-corrected chi connectivity index (χ0v) is 14.8. The topological polar surface area (TPSA) is 72.5 Å². The zero-order chi connectivity index (χ0) is 17.3. The second-order valence-electron chi connectivity index (χ2n) is 7.87. The molecule has 0 radical (unpaired) electrons. The number of phenols is 1. The number of methoxy groups -OCH3 is 1. The van der Waals surface area contributed by atoms with Crippen LogP contribution in [-0.4, -0.2) is 24.2 Å². The van der Waals surface area contributed by atoms with Crippen LogP contribution in [0.1, 0.15) is 58.2 Å². The van der Waals surface area contributed by atoms with Crippen molar-refractivity contribution in [3.05, 3.63) is 28.8 Å². The van der Waals surface area contributed by atoms with Gasteiger partial charge < -0.3 is 15.6 Å². The van der Waals surface area contributed by atoms with Crippen LogP contribution in [0.2, 0.25) is 0 Å². The smallest absolute Gasteiger partial charge is 0.322 e. The SMILES string of the molecule is COC(=O)[C@@H](N)Cc1cc(C(C)(C)C)c(O)c(C(C)(C)C)c1. The molecule has 0 saturated heterocycles. The van der Waals surface area contributed by atoms with Crippen molar-refractivity contribution in [1.29, 1.82) is 0 Å². The number of carbonyl (C=O) groups is 1. The second-order valence-corrected chi connectivity index (χ2v) is 7.87. The van der Waals surface area contributed by atoms with Gasteiger partial charge in [-0.3, -0.25) is 4.79 Å². The van der Waals surface area contributed by atoms with E-state index in [1.807, 2.05) is 12.1 Å². The fraction of sp³-hybridized carbons (Fsp3) is 0.611. The maximum atomic E-state index is 11.6. The first kappa shape index (κ1) is 18.5. The first-order valence-corrected chi connectivity index (χ1v) is 7.58. The molecule has 1 aromatic rings. The maximum absolute atomic E-state index is 11.6. The van der Waals surface area contributed by atoms with E-state index in [1.54, 1.807) is 0 Å². The van der Waals surface area contributed by atoms with E-state index in [0.717, 1.165) is 16.7 Å². The molecule has 124 valence electrons. The highest BCUT2D eigenvalue weighted by Gasteiger charge is 2.27. The number of ether oxygens (including phenoxy) is 1. The lowest BCUT2D eigenvalue weighted by Crippen LogP contribution is -2.34. The quantitative estimate of drug-likeness (QED) is 0.842. The highest BCUT2D eigenvalue weighted by molar-refractivity contribution is 5.75. The third kappa shape index (κ3) is 4.23. The number of carbonyl (C=O) groups excluding carboxylic acids is 1. The van der Waals surface area contributed by atoms with Gasteiger partial charge in [-0.05, 0) is 33.9 Å². The number of hydrogen-bond acceptors (Lipinski definition) is 4. The van der Waals surface area contributed by atoms with Gasteiger partial charge in [0.2, 0.25) is 0 Å². The molecule has 0 amide bonds. The molecule has 4 heteroatoms. The van der Waals surface area contributed by atoms with E-state index < -0.39 is 12.0 Å². The van der Waals surface area contributed by atoms with Gasteiger partial charge in [-0.25, -0.2) is 0 Å². The van der Waals surface area contributed by atoms with Crippen molar-refractivity contribution >= 4 is 5.97 Å². The Hall–Kier alpha value is -1.55. The number of aromatic hydroxyl groups is 1. The van der Waals surface area contributed by atoms with E-state index in [9.17, 15) is 9.90 Å². The van der Waals surface area contributed by atoms with Crippen LogP contribution < -0.4 is 5.73 Å². The van der Waals surface area contributed by atoms with Crippen LogP contribution in [0.15, 0.2) is 12.1 Å². The molecule has 0 aromatic heterocycles. The molecule has 0 unspecified atom stereocenters. The largest absolute Gasteiger partial charge is 0.507 e. The summed E-state index contributed by atoms with van der Waals surface area (Å²) in [6, 6.07) is 3.18. The van der Waals surface area contributed by atoms with Gasteiger partial charge in [0.15, 0.2) is 0 Å². The van der Waals surface area contributed by atoms with Crippen molar-refractivity contribution in [2.45, 2.75) is 64.8 Å². The fourth-order valence-corrected chi connectivity index (χ4v) is 2.44. The Balaban J connectivity index is 3.39. The standard InChI is InChI=1S/C18H29NO3/c1-17(2,3)12-8-11(10-14(19)16(21)22-7)9-13(15(12)20)18(4,5)6/h8-9,14,20H,10,19H2,1-7H3/t14-/m0/s1. The maximum Gasteiger partial charge on any atom is 0.322 e. The van der Waals surface area contributed by atoms with E-state index in [0.29, 0.717) is 12.2 Å². The molecule has 0 spiro atoms. The number of phenolic OH excluding ortho intramolecular Hbond substituents is 1. The summed E-state index contributed by atoms with van der Waals surface area (Å²) in [5.74, 6) is -0.0990. The molecule has 22 heavy (non-hydrogen) atoms. The van der Waals surface area contributed by atoms with Gasteiger partial charge in [0.05, 0.1) is 7.11 Å². The van der Waals surface area contributed by atoms with Crippen LogP contribution in [0.25, 0.3) is 0 Å². The number of benzene rings is 1. The molecule has 1 rings (SSSR count). The summed E-state index contributed by atoms with van der Waals surface area (Å²) in [5, 5.41) is 10.7. The third-order valence-corrected chi connectivity index (χ3v) is 3.75. The lowest BCUT2D eigenvalue weighted by atomic mass is 9.78. The molecule has 1 atom stereocenters. The summed E-state index contributed by atoms with van der Waals surface area (Å²) in [7, 11) is 1.33. The summed E-state index contributed by atoms with van der Waals surface area (Å²) in [6.45, 7) is 12.3. The van der Waals surface area contributed by atoms with Crippen LogP contribution >= 0.6 is 0 Å². The van der Waals surface area contributed by atoms with Gasteiger partial charge in [-0.1, -0.05) is 53.7 Å². The molecule has 3 N–H and O–H groups in total. The molecule has 0 aliphatic carbocycles. The number of rotatable bonds is 3. The summed E-state index contributed by atoms with van der Waals surface area (Å²) in [6.07, 6.45) is 0.388. The fourth-order valence-electron chi connectivity index (χ4n) is 2.44. The highest BCUT2D eigenvalue weighted by Crippen LogP contribution is 2.39. The van der Waals surface area contributed by atoms with Crippen LogP contribution in [0, 0.1) is 0 Å². The molecule has 0 heterocycles. The Labute approximate surface area is 133 Å². The van der Waals surface area contributed by atoms with E-state index in [1.165, 1.54) is 7.11 Å². The molecular weight excluding hydrogens is 278 g/mol. The molecule has 0 bridgehead atoms. The summed E-state index contributed by atoms with van der Waals surface area (Å²) < 4.78 is 4.69. The lowest BCUT2D eigenvalue weighted by Gasteiger charge is -2.28. The van der Waals surface area contributed by atoms with Crippen molar-refractivity contribution in [3.8, 4) is 5.75 Å². The minimum absolute atomic E-state index is 0.199. The average molecular weight is 307 g/mol. The molecule has 0 aliphatic rings. The highest BCUT2D eigenvalue weighted by atomic mass is 16.5. The average Bonchev–Trinajstić information content (AvgIpc) is 2.36. The second kappa shape index (κ2) is 6.29. The first-order chi connectivity index (χ1) is 9.87. The number of esters is 1. The Morgan fingerprint density at radius 1 is 1.14 bits per heavy atom. The van der Waals surface area contributed by atoms with Crippen molar-refractivity contribution < 1.29 is 14.6 Å². The number of nitrogens with two attached hydrogens (primary N) is 1. The summed E-state index contributed by atoms with van der Waals surface area (Å²) >= 11 is 0. The summed E-state index contributed by atoms with van der Waals surface area (Å²) in [5.41, 5.74) is 8.15. The van der Waals surface area contributed by atoms with Crippen LogP contribution in [-0.2, 0) is 26.8 Å². The van der Waals surface area contributed by atoms with E-state index in [-0.39, 0.29) is 10.8 Å². The van der Waals surface area contributed by atoms with E-state index in [2.05, 4.69) is 46.3 Å². The zero-order valence-electron chi connectivity index (χ0n) is 14.8. The monoisotopic (exact) mass is 307 g/mol. The van der Waals surface area contributed by atoms with Crippen LogP contribution in [0.4, 0.5) is 0 Å². The number of hydrogen-bond donors (Lipinski definition) is 2. The van der Waals surface area contributed by atoms with E-state index >= 15 is 0 Å². The normalized spacial score (nSPS) is 13.8. The van der Waals surface area contributed by atoms with Crippen LogP contribution in [0.3, 0.4) is 0 Å². The Bertz CT molecular complexity index is 515. The molecule has 4 nitrogen and oxygen atoms in total. The van der Waals surface area contributed by atoms with Crippen molar-refractivity contribution in [2.75, 3.05) is 7.11 Å². The molecule has 0 aliphatic heterocycles. The van der Waals surface area contributed by atoms with Gasteiger partial charge >= 0.3 is 5.97 Å². The molecular formula is C18H29NO3. The third-order valence-electron chi connectivity index (χ3n) is 3.75. The first-order valence-electron chi connectivity index (χ1n) is 7.58. The van der Waals surface area contributed by atoms with Gasteiger partial charge in [-0.2, -0.15) is 0 Å². The van der Waals surface area contributed by atoms with Crippen molar-refractivity contribution in [1.82, 2.24) is 0 Å². The van der Waals surface area contributed by atoms with E-state index in [4.69, 9.17) is 5.73 Å². The lowest BCUT2D eigenvalue weighted by molar-refractivity contribution is -0.142. The molecule has 0 saturated carbocycles. The van der Waals surface area contributed by atoms with Crippen LogP contribution in [0.5, 0.6) is 5.75 Å². The predicted octanol–water partition coefficient (Wildman–Crippen LogP) is 3.03. The summed E-state index contributed by atoms with van der Waals surface area (Å²) in [4.78, 5) is 11.6. The Morgan fingerprint density at radius 2 is 1.55 bits per heavy atom. The van der Waals surface area contributed by atoms with Gasteiger partial charge in [0.1, 0.15) is 11.8 Å². The minimum Gasteiger partial charge on any atom is -0.507 e. The predicted molar refractivity (Wildman–Crippen MR) is 89.2 cm³/mol. The van der Waals surface area contributed by atoms with Gasteiger partial charge in [0.25, 0.3) is 0 Å². The Morgan fingerprint density at radius 3 is 1.86 bits per heavy atom. The molecule has 0 fully saturated rings. The van der Waals surface area contributed by atoms with Gasteiger partial charge in [0, 0.05) is 0 Å². The van der Waals surface area contributed by atoms with Crippen molar-refractivity contribution in [2.24, 2.45) is 5.73 Å². The minimum atomic E-state index is -0.699. The van der Waals surface area contributed by atoms with Gasteiger partial charge in [-0.15, -0.1) is 0 Å². The molecule has 1 aromatic carbocycles. The van der Waals surface area contributed by atoms with Crippen molar-refractivity contribution in [3.63, 3.8) is 0 Å². The Kier molecular flexibility index (Phi) is 5.29.